The highest BCUT2D eigenvalue weighted by atomic mass is 35.5. The smallest absolute Gasteiger partial charge is 0.236 e. The second-order valence-electron chi connectivity index (χ2n) is 7.79. The minimum atomic E-state index is -0.316. The molecule has 0 aromatic heterocycles. The molecule has 0 spiro atoms. The van der Waals surface area contributed by atoms with Crippen LogP contribution in [-0.2, 0) is 9.59 Å². The second-order valence-corrected chi connectivity index (χ2v) is 7.79. The summed E-state index contributed by atoms with van der Waals surface area (Å²) < 4.78 is 0. The Bertz CT molecular complexity index is 426. The van der Waals surface area contributed by atoms with Gasteiger partial charge in [-0.25, -0.2) is 0 Å². The zero-order valence-corrected chi connectivity index (χ0v) is 15.7. The van der Waals surface area contributed by atoms with Crippen LogP contribution in [0.2, 0.25) is 0 Å². The van der Waals surface area contributed by atoms with Gasteiger partial charge in [0.05, 0.1) is 6.54 Å². The lowest BCUT2D eigenvalue weighted by molar-refractivity contribution is -0.146. The van der Waals surface area contributed by atoms with Gasteiger partial charge in [-0.3, -0.25) is 9.59 Å². The van der Waals surface area contributed by atoms with Gasteiger partial charge in [0.1, 0.15) is 0 Å². The predicted molar refractivity (Wildman–Crippen MR) is 94.7 cm³/mol. The SMILES string of the molecule is CC(C)CC(C)(C)C(=O)N1CCCC(N2CCNCC2=O)C1.Cl. The molecule has 2 aliphatic rings. The number of nitrogens with zero attached hydrogens (tertiary/aromatic N) is 2. The van der Waals surface area contributed by atoms with Crippen molar-refractivity contribution in [2.24, 2.45) is 11.3 Å². The molecule has 0 aromatic rings. The van der Waals surface area contributed by atoms with Crippen LogP contribution in [0.5, 0.6) is 0 Å². The van der Waals surface area contributed by atoms with Crippen molar-refractivity contribution in [3.63, 3.8) is 0 Å². The minimum Gasteiger partial charge on any atom is -0.340 e. The number of halogens is 1. The van der Waals surface area contributed by atoms with Crippen LogP contribution in [0.25, 0.3) is 0 Å². The third-order valence-electron chi connectivity index (χ3n) is 4.75. The monoisotopic (exact) mass is 345 g/mol. The highest BCUT2D eigenvalue weighted by Gasteiger charge is 2.37. The molecular weight excluding hydrogens is 314 g/mol. The largest absolute Gasteiger partial charge is 0.340 e. The number of amides is 2. The van der Waals surface area contributed by atoms with Crippen molar-refractivity contribution in [3.05, 3.63) is 0 Å². The fourth-order valence-corrected chi connectivity index (χ4v) is 3.94. The van der Waals surface area contributed by atoms with Crippen LogP contribution in [0.15, 0.2) is 0 Å². The highest BCUT2D eigenvalue weighted by Crippen LogP contribution is 2.29. The Kier molecular flexibility index (Phi) is 7.33. The molecule has 0 radical (unpaired) electrons. The van der Waals surface area contributed by atoms with Crippen molar-refractivity contribution in [3.8, 4) is 0 Å². The summed E-state index contributed by atoms with van der Waals surface area (Å²) in [5.41, 5.74) is -0.316. The van der Waals surface area contributed by atoms with Gasteiger partial charge in [0, 0.05) is 37.6 Å². The molecule has 1 atom stereocenters. The number of piperazine rings is 1. The van der Waals surface area contributed by atoms with Gasteiger partial charge in [-0.05, 0) is 25.2 Å². The zero-order valence-electron chi connectivity index (χ0n) is 14.9. The Morgan fingerprint density at radius 1 is 1.35 bits per heavy atom. The molecule has 2 amide bonds. The molecule has 2 rings (SSSR count). The summed E-state index contributed by atoms with van der Waals surface area (Å²) in [5, 5.41) is 3.11. The van der Waals surface area contributed by atoms with E-state index in [1.165, 1.54) is 0 Å². The molecule has 0 saturated carbocycles. The van der Waals surface area contributed by atoms with E-state index >= 15 is 0 Å². The first-order valence-corrected chi connectivity index (χ1v) is 8.61. The van der Waals surface area contributed by atoms with Crippen molar-refractivity contribution in [1.29, 1.82) is 0 Å². The molecule has 1 N–H and O–H groups in total. The Labute approximate surface area is 146 Å². The number of hydrogen-bond donors (Lipinski definition) is 1. The average Bonchev–Trinajstić information content (AvgIpc) is 2.46. The van der Waals surface area contributed by atoms with E-state index in [2.05, 4.69) is 33.0 Å². The van der Waals surface area contributed by atoms with Gasteiger partial charge in [0.25, 0.3) is 0 Å². The summed E-state index contributed by atoms with van der Waals surface area (Å²) in [5.74, 6) is 0.926. The van der Waals surface area contributed by atoms with Crippen LogP contribution in [0.1, 0.15) is 47.0 Å². The van der Waals surface area contributed by atoms with Gasteiger partial charge in [0.15, 0.2) is 0 Å². The summed E-state index contributed by atoms with van der Waals surface area (Å²) >= 11 is 0. The molecule has 1 unspecified atom stereocenters. The van der Waals surface area contributed by atoms with Gasteiger partial charge in [-0.1, -0.05) is 27.7 Å². The third-order valence-corrected chi connectivity index (χ3v) is 4.75. The van der Waals surface area contributed by atoms with Crippen molar-refractivity contribution in [2.75, 3.05) is 32.7 Å². The van der Waals surface area contributed by atoms with Crippen LogP contribution < -0.4 is 5.32 Å². The molecule has 0 aromatic carbocycles. The Hall–Kier alpha value is -0.810. The molecular formula is C17H32ClN3O2. The number of likely N-dealkylation sites (tertiary alicyclic amines) is 1. The Balaban J connectivity index is 0.00000264. The topological polar surface area (TPSA) is 52.7 Å². The van der Waals surface area contributed by atoms with E-state index in [4.69, 9.17) is 0 Å². The van der Waals surface area contributed by atoms with Gasteiger partial charge in [-0.15, -0.1) is 12.4 Å². The van der Waals surface area contributed by atoms with Crippen molar-refractivity contribution < 1.29 is 9.59 Å². The molecule has 0 aliphatic carbocycles. The van der Waals surface area contributed by atoms with Crippen LogP contribution in [0.4, 0.5) is 0 Å². The molecule has 2 fully saturated rings. The number of carbonyl (C=O) groups is 2. The van der Waals surface area contributed by atoms with Crippen molar-refractivity contribution in [2.45, 2.75) is 53.0 Å². The van der Waals surface area contributed by atoms with Crippen LogP contribution in [0.3, 0.4) is 0 Å². The van der Waals surface area contributed by atoms with Gasteiger partial charge >= 0.3 is 0 Å². The highest BCUT2D eigenvalue weighted by molar-refractivity contribution is 5.85. The summed E-state index contributed by atoms with van der Waals surface area (Å²) in [6.45, 7) is 12.0. The van der Waals surface area contributed by atoms with E-state index in [0.717, 1.165) is 38.9 Å². The van der Waals surface area contributed by atoms with Crippen LogP contribution >= 0.6 is 12.4 Å². The minimum absolute atomic E-state index is 0. The number of rotatable bonds is 4. The van der Waals surface area contributed by atoms with Gasteiger partial charge < -0.3 is 15.1 Å². The zero-order chi connectivity index (χ0) is 16.3. The number of carbonyl (C=O) groups excluding carboxylic acids is 2. The number of piperidine rings is 1. The second kappa shape index (κ2) is 8.34. The van der Waals surface area contributed by atoms with Crippen LogP contribution in [0, 0.1) is 11.3 Å². The standard InChI is InChI=1S/C17H31N3O2.ClH/c1-13(2)10-17(3,4)16(22)19-8-5-6-14(12-19)20-9-7-18-11-15(20)21;/h13-14,18H,5-12H2,1-4H3;1H. The first kappa shape index (κ1) is 20.2. The predicted octanol–water partition coefficient (Wildman–Crippen LogP) is 1.90. The number of hydrogen-bond acceptors (Lipinski definition) is 3. The quantitative estimate of drug-likeness (QED) is 0.846. The van der Waals surface area contributed by atoms with Crippen molar-refractivity contribution >= 4 is 24.2 Å². The molecule has 2 heterocycles. The molecule has 134 valence electrons. The lowest BCUT2D eigenvalue weighted by atomic mass is 9.82. The van der Waals surface area contributed by atoms with Gasteiger partial charge in [0.2, 0.25) is 11.8 Å². The maximum atomic E-state index is 12.9. The van der Waals surface area contributed by atoms with E-state index in [1.54, 1.807) is 0 Å². The van der Waals surface area contributed by atoms with E-state index in [-0.39, 0.29) is 35.7 Å². The lowest BCUT2D eigenvalue weighted by Crippen LogP contribution is -2.58. The third kappa shape index (κ3) is 5.08. The van der Waals surface area contributed by atoms with E-state index in [9.17, 15) is 9.59 Å². The molecule has 2 aliphatic heterocycles. The first-order chi connectivity index (χ1) is 10.3. The van der Waals surface area contributed by atoms with E-state index in [1.807, 2.05) is 9.80 Å². The maximum Gasteiger partial charge on any atom is 0.236 e. The molecule has 2 saturated heterocycles. The normalized spacial score (nSPS) is 23.0. The van der Waals surface area contributed by atoms with Gasteiger partial charge in [-0.2, -0.15) is 0 Å². The van der Waals surface area contributed by atoms with Crippen LogP contribution in [-0.4, -0.2) is 60.4 Å². The maximum absolute atomic E-state index is 12.9. The molecule has 23 heavy (non-hydrogen) atoms. The number of nitrogens with one attached hydrogen (secondary N) is 1. The Morgan fingerprint density at radius 2 is 2.04 bits per heavy atom. The molecule has 6 heteroatoms. The average molecular weight is 346 g/mol. The summed E-state index contributed by atoms with van der Waals surface area (Å²) in [7, 11) is 0. The molecule has 0 bridgehead atoms. The first-order valence-electron chi connectivity index (χ1n) is 8.61. The summed E-state index contributed by atoms with van der Waals surface area (Å²) in [6.07, 6.45) is 2.91. The fourth-order valence-electron chi connectivity index (χ4n) is 3.94. The Morgan fingerprint density at radius 3 is 2.65 bits per heavy atom. The van der Waals surface area contributed by atoms with E-state index in [0.29, 0.717) is 19.0 Å². The fraction of sp³-hybridized carbons (Fsp3) is 0.882. The van der Waals surface area contributed by atoms with Crippen molar-refractivity contribution in [1.82, 2.24) is 15.1 Å². The lowest BCUT2D eigenvalue weighted by Gasteiger charge is -2.43. The van der Waals surface area contributed by atoms with E-state index < -0.39 is 0 Å². The summed E-state index contributed by atoms with van der Waals surface area (Å²) in [4.78, 5) is 28.9. The molecule has 5 nitrogen and oxygen atoms in total. The summed E-state index contributed by atoms with van der Waals surface area (Å²) in [6, 6.07) is 0.196.